The third-order valence-corrected chi connectivity index (χ3v) is 4.14. The van der Waals surface area contributed by atoms with Crippen molar-refractivity contribution in [2.24, 2.45) is 5.92 Å². The Morgan fingerprint density at radius 2 is 2.00 bits per heavy atom. The van der Waals surface area contributed by atoms with Gasteiger partial charge in [-0.05, 0) is 19.1 Å². The number of ether oxygens (including phenoxy) is 1. The van der Waals surface area contributed by atoms with E-state index in [0.717, 1.165) is 26.3 Å². The van der Waals surface area contributed by atoms with Crippen LogP contribution in [0.25, 0.3) is 0 Å². The maximum Gasteiger partial charge on any atom is 0.329 e. The standard InChI is InChI=1S/C14H21N3O2/c1-11-9-17(14(18)15-5-3-4-6-15)13(11)16-7-8-19-10-12(16)2/h3-6,11-13H,7-10H2,1-2H3. The Hall–Kier alpha value is -1.33. The second-order valence-electron chi connectivity index (χ2n) is 5.58. The first-order valence-corrected chi connectivity index (χ1v) is 6.96. The number of aromatic nitrogens is 1. The highest BCUT2D eigenvalue weighted by Crippen LogP contribution is 2.30. The van der Waals surface area contributed by atoms with Gasteiger partial charge in [0.25, 0.3) is 0 Å². The number of carbonyl (C=O) groups excluding carboxylic acids is 1. The van der Waals surface area contributed by atoms with E-state index in [1.807, 2.05) is 29.4 Å². The van der Waals surface area contributed by atoms with Crippen LogP contribution in [0.4, 0.5) is 4.79 Å². The van der Waals surface area contributed by atoms with Gasteiger partial charge in [-0.3, -0.25) is 9.47 Å². The number of hydrogen-bond donors (Lipinski definition) is 0. The Labute approximate surface area is 113 Å². The van der Waals surface area contributed by atoms with Crippen molar-refractivity contribution in [3.8, 4) is 0 Å². The van der Waals surface area contributed by atoms with Gasteiger partial charge in [0, 0.05) is 37.4 Å². The molecule has 19 heavy (non-hydrogen) atoms. The summed E-state index contributed by atoms with van der Waals surface area (Å²) in [6.07, 6.45) is 3.84. The van der Waals surface area contributed by atoms with Gasteiger partial charge in [-0.15, -0.1) is 0 Å². The van der Waals surface area contributed by atoms with Crippen LogP contribution in [-0.4, -0.2) is 58.9 Å². The summed E-state index contributed by atoms with van der Waals surface area (Å²) >= 11 is 0. The van der Waals surface area contributed by atoms with Gasteiger partial charge in [0.05, 0.1) is 19.4 Å². The SMILES string of the molecule is CC1CN(C(=O)n2cccc2)C1N1CCOCC1C. The lowest BCUT2D eigenvalue weighted by molar-refractivity contribution is -0.114. The third-order valence-electron chi connectivity index (χ3n) is 4.14. The molecular formula is C14H21N3O2. The zero-order chi connectivity index (χ0) is 13.4. The van der Waals surface area contributed by atoms with E-state index in [-0.39, 0.29) is 12.2 Å². The van der Waals surface area contributed by atoms with Crippen LogP contribution in [-0.2, 0) is 4.74 Å². The Morgan fingerprint density at radius 3 is 2.63 bits per heavy atom. The summed E-state index contributed by atoms with van der Waals surface area (Å²) in [4.78, 5) is 16.8. The lowest BCUT2D eigenvalue weighted by atomic mass is 9.94. The number of amides is 1. The molecule has 3 heterocycles. The first-order valence-electron chi connectivity index (χ1n) is 6.96. The van der Waals surface area contributed by atoms with Crippen LogP contribution < -0.4 is 0 Å². The number of rotatable bonds is 1. The molecule has 3 unspecified atom stereocenters. The summed E-state index contributed by atoms with van der Waals surface area (Å²) in [6.45, 7) is 7.65. The summed E-state index contributed by atoms with van der Waals surface area (Å²) in [7, 11) is 0. The monoisotopic (exact) mass is 263 g/mol. The molecule has 3 atom stereocenters. The third kappa shape index (κ3) is 2.17. The predicted molar refractivity (Wildman–Crippen MR) is 71.9 cm³/mol. The molecule has 0 spiro atoms. The molecule has 104 valence electrons. The van der Waals surface area contributed by atoms with Gasteiger partial charge in [0.1, 0.15) is 0 Å². The summed E-state index contributed by atoms with van der Waals surface area (Å²) < 4.78 is 7.14. The van der Waals surface area contributed by atoms with Crippen LogP contribution in [0.15, 0.2) is 24.5 Å². The molecule has 5 nitrogen and oxygen atoms in total. The van der Waals surface area contributed by atoms with E-state index in [1.165, 1.54) is 0 Å². The zero-order valence-corrected chi connectivity index (χ0v) is 11.5. The summed E-state index contributed by atoms with van der Waals surface area (Å²) in [6, 6.07) is 4.22. The molecule has 0 aromatic carbocycles. The fraction of sp³-hybridized carbons (Fsp3) is 0.643. The maximum absolute atomic E-state index is 12.4. The van der Waals surface area contributed by atoms with E-state index < -0.39 is 0 Å². The number of hydrogen-bond acceptors (Lipinski definition) is 3. The highest BCUT2D eigenvalue weighted by atomic mass is 16.5. The van der Waals surface area contributed by atoms with Crippen molar-refractivity contribution in [1.82, 2.24) is 14.4 Å². The lowest BCUT2D eigenvalue weighted by Crippen LogP contribution is -2.68. The van der Waals surface area contributed by atoms with E-state index in [1.54, 1.807) is 4.57 Å². The Bertz CT molecular complexity index is 446. The fourth-order valence-electron chi connectivity index (χ4n) is 3.12. The largest absolute Gasteiger partial charge is 0.379 e. The molecule has 5 heteroatoms. The quantitative estimate of drug-likeness (QED) is 0.770. The van der Waals surface area contributed by atoms with Crippen LogP contribution in [0, 0.1) is 5.92 Å². The topological polar surface area (TPSA) is 37.7 Å². The molecule has 0 radical (unpaired) electrons. The van der Waals surface area contributed by atoms with Crippen molar-refractivity contribution >= 4 is 6.03 Å². The Kier molecular flexibility index (Phi) is 3.33. The molecule has 0 bridgehead atoms. The molecule has 2 aliphatic heterocycles. The van der Waals surface area contributed by atoms with Crippen molar-refractivity contribution in [2.75, 3.05) is 26.3 Å². The molecule has 1 aromatic heterocycles. The van der Waals surface area contributed by atoms with Crippen molar-refractivity contribution in [3.63, 3.8) is 0 Å². The van der Waals surface area contributed by atoms with Gasteiger partial charge < -0.3 is 9.64 Å². The van der Waals surface area contributed by atoms with Crippen LogP contribution in [0.2, 0.25) is 0 Å². The van der Waals surface area contributed by atoms with E-state index in [2.05, 4.69) is 18.7 Å². The van der Waals surface area contributed by atoms with Crippen LogP contribution in [0.5, 0.6) is 0 Å². The smallest absolute Gasteiger partial charge is 0.329 e. The Morgan fingerprint density at radius 1 is 1.26 bits per heavy atom. The highest BCUT2D eigenvalue weighted by Gasteiger charge is 2.45. The normalized spacial score (nSPS) is 32.1. The molecule has 0 N–H and O–H groups in total. The molecule has 2 saturated heterocycles. The van der Waals surface area contributed by atoms with E-state index >= 15 is 0 Å². The minimum atomic E-state index is 0.0757. The van der Waals surface area contributed by atoms with Crippen LogP contribution in [0.3, 0.4) is 0 Å². The molecule has 1 aromatic rings. The predicted octanol–water partition coefficient (Wildman–Crippen LogP) is 1.45. The first kappa shape index (κ1) is 12.7. The zero-order valence-electron chi connectivity index (χ0n) is 11.5. The van der Waals surface area contributed by atoms with E-state index in [9.17, 15) is 4.79 Å². The molecule has 3 rings (SSSR count). The molecule has 2 aliphatic rings. The second-order valence-corrected chi connectivity index (χ2v) is 5.58. The highest BCUT2D eigenvalue weighted by molar-refractivity contribution is 5.78. The maximum atomic E-state index is 12.4. The van der Waals surface area contributed by atoms with Crippen molar-refractivity contribution in [2.45, 2.75) is 26.1 Å². The molecule has 0 saturated carbocycles. The van der Waals surface area contributed by atoms with E-state index in [0.29, 0.717) is 12.0 Å². The van der Waals surface area contributed by atoms with Gasteiger partial charge in [0.15, 0.2) is 0 Å². The van der Waals surface area contributed by atoms with Crippen LogP contribution in [0.1, 0.15) is 13.8 Å². The van der Waals surface area contributed by atoms with Gasteiger partial charge in [-0.1, -0.05) is 6.92 Å². The van der Waals surface area contributed by atoms with E-state index in [4.69, 9.17) is 4.74 Å². The number of nitrogens with zero attached hydrogens (tertiary/aromatic N) is 3. The minimum Gasteiger partial charge on any atom is -0.379 e. The van der Waals surface area contributed by atoms with Gasteiger partial charge in [0.2, 0.25) is 0 Å². The number of likely N-dealkylation sites (tertiary alicyclic amines) is 1. The Balaban J connectivity index is 1.74. The minimum absolute atomic E-state index is 0.0757. The summed E-state index contributed by atoms with van der Waals surface area (Å²) in [5.41, 5.74) is 0. The number of morpholine rings is 1. The van der Waals surface area contributed by atoms with Crippen molar-refractivity contribution < 1.29 is 9.53 Å². The molecule has 1 amide bonds. The average Bonchev–Trinajstić information content (AvgIpc) is 2.92. The van der Waals surface area contributed by atoms with Crippen LogP contribution >= 0.6 is 0 Å². The van der Waals surface area contributed by atoms with Crippen molar-refractivity contribution in [3.05, 3.63) is 24.5 Å². The lowest BCUT2D eigenvalue weighted by Gasteiger charge is -2.54. The second kappa shape index (κ2) is 4.98. The number of carbonyl (C=O) groups is 1. The summed E-state index contributed by atoms with van der Waals surface area (Å²) in [5, 5.41) is 0. The summed E-state index contributed by atoms with van der Waals surface area (Å²) in [5.74, 6) is 0.528. The van der Waals surface area contributed by atoms with Crippen molar-refractivity contribution in [1.29, 1.82) is 0 Å². The molecular weight excluding hydrogens is 242 g/mol. The van der Waals surface area contributed by atoms with Gasteiger partial charge >= 0.3 is 6.03 Å². The molecule has 2 fully saturated rings. The molecule has 0 aliphatic carbocycles. The average molecular weight is 263 g/mol. The fourth-order valence-corrected chi connectivity index (χ4v) is 3.12. The van der Waals surface area contributed by atoms with Gasteiger partial charge in [-0.25, -0.2) is 4.79 Å². The first-order chi connectivity index (χ1) is 9.18. The van der Waals surface area contributed by atoms with Gasteiger partial charge in [-0.2, -0.15) is 0 Å².